The van der Waals surface area contributed by atoms with Crippen LogP contribution in [-0.4, -0.2) is 49.2 Å². The number of benzene rings is 2. The molecule has 7 heteroatoms. The summed E-state index contributed by atoms with van der Waals surface area (Å²) in [6.45, 7) is 5.37. The molecule has 1 saturated heterocycles. The van der Waals surface area contributed by atoms with E-state index in [2.05, 4.69) is 20.1 Å². The first-order valence-electron chi connectivity index (χ1n) is 11.4. The average molecular weight is 454 g/mol. The molecule has 34 heavy (non-hydrogen) atoms. The number of methoxy groups -OCH3 is 1. The third-order valence-electron chi connectivity index (χ3n) is 6.17. The van der Waals surface area contributed by atoms with E-state index in [0.29, 0.717) is 17.0 Å². The molecule has 2 aromatic carbocycles. The zero-order chi connectivity index (χ0) is 23.5. The Morgan fingerprint density at radius 1 is 0.912 bits per heavy atom. The molecule has 3 heterocycles. The molecule has 1 N–H and O–H groups in total. The van der Waals surface area contributed by atoms with Crippen LogP contribution in [0.5, 0.6) is 5.75 Å². The van der Waals surface area contributed by atoms with E-state index in [0.717, 1.165) is 54.2 Å². The fourth-order valence-electron chi connectivity index (χ4n) is 4.41. The molecule has 0 radical (unpaired) electrons. The number of pyridine rings is 2. The van der Waals surface area contributed by atoms with E-state index in [-0.39, 0.29) is 5.91 Å². The van der Waals surface area contributed by atoms with E-state index in [1.54, 1.807) is 13.3 Å². The van der Waals surface area contributed by atoms with Gasteiger partial charge in [-0.2, -0.15) is 0 Å². The number of nitrogens with one attached hydrogen (secondary N) is 1. The highest BCUT2D eigenvalue weighted by molar-refractivity contribution is 6.14. The molecule has 172 valence electrons. The Hall–Kier alpha value is -4.13. The standard InChI is InChI=1S/C27H27N5O2/c1-19-10-11-24(34-2)23(17-19)30-27(33)22-18-29-26(21-8-4-3-7-20(21)22)32-15-13-31(14-16-32)25-9-5-6-12-28-25/h3-12,17-18H,13-16H2,1-2H3,(H,30,33). The van der Waals surface area contributed by atoms with E-state index in [1.165, 1.54) is 0 Å². The molecule has 0 aliphatic carbocycles. The van der Waals surface area contributed by atoms with Gasteiger partial charge in [-0.05, 0) is 42.1 Å². The number of carbonyl (C=O) groups excluding carboxylic acids is 1. The number of carbonyl (C=O) groups is 1. The van der Waals surface area contributed by atoms with Crippen LogP contribution in [0.15, 0.2) is 73.1 Å². The Bertz CT molecular complexity index is 1320. The number of hydrogen-bond acceptors (Lipinski definition) is 6. The molecule has 5 rings (SSSR count). The van der Waals surface area contributed by atoms with Gasteiger partial charge in [-0.15, -0.1) is 0 Å². The second-order valence-corrected chi connectivity index (χ2v) is 8.36. The number of fused-ring (bicyclic) bond motifs is 1. The Morgan fingerprint density at radius 3 is 2.38 bits per heavy atom. The van der Waals surface area contributed by atoms with Crippen LogP contribution >= 0.6 is 0 Å². The number of nitrogens with zero attached hydrogens (tertiary/aromatic N) is 4. The van der Waals surface area contributed by atoms with Gasteiger partial charge in [0.25, 0.3) is 5.91 Å². The first-order valence-corrected chi connectivity index (χ1v) is 11.4. The van der Waals surface area contributed by atoms with Gasteiger partial charge >= 0.3 is 0 Å². The largest absolute Gasteiger partial charge is 0.495 e. The van der Waals surface area contributed by atoms with Crippen LogP contribution in [0.4, 0.5) is 17.3 Å². The molecule has 1 fully saturated rings. The minimum atomic E-state index is -0.209. The Labute approximate surface area is 199 Å². The van der Waals surface area contributed by atoms with Crippen molar-refractivity contribution in [2.75, 3.05) is 48.4 Å². The summed E-state index contributed by atoms with van der Waals surface area (Å²) in [4.78, 5) is 27.1. The quantitative estimate of drug-likeness (QED) is 0.479. The lowest BCUT2D eigenvalue weighted by Crippen LogP contribution is -2.47. The van der Waals surface area contributed by atoms with E-state index < -0.39 is 0 Å². The summed E-state index contributed by atoms with van der Waals surface area (Å²) in [7, 11) is 1.60. The van der Waals surface area contributed by atoms with E-state index in [9.17, 15) is 4.79 Å². The van der Waals surface area contributed by atoms with Crippen LogP contribution < -0.4 is 19.9 Å². The summed E-state index contributed by atoms with van der Waals surface area (Å²) >= 11 is 0. The second-order valence-electron chi connectivity index (χ2n) is 8.36. The topological polar surface area (TPSA) is 70.6 Å². The van der Waals surface area contributed by atoms with Crippen molar-refractivity contribution in [3.05, 3.63) is 84.2 Å². The minimum Gasteiger partial charge on any atom is -0.495 e. The van der Waals surface area contributed by atoms with Crippen LogP contribution in [0.25, 0.3) is 10.8 Å². The molecule has 0 unspecified atom stereocenters. The molecule has 1 aliphatic rings. The van der Waals surface area contributed by atoms with E-state index >= 15 is 0 Å². The first kappa shape index (κ1) is 21.7. The fourth-order valence-corrected chi connectivity index (χ4v) is 4.41. The van der Waals surface area contributed by atoms with Gasteiger partial charge in [0.15, 0.2) is 0 Å². The summed E-state index contributed by atoms with van der Waals surface area (Å²) in [6.07, 6.45) is 3.51. The predicted octanol–water partition coefficient (Wildman–Crippen LogP) is 4.53. The lowest BCUT2D eigenvalue weighted by atomic mass is 10.1. The lowest BCUT2D eigenvalue weighted by molar-refractivity contribution is 0.102. The third kappa shape index (κ3) is 4.24. The van der Waals surface area contributed by atoms with Crippen molar-refractivity contribution < 1.29 is 9.53 Å². The van der Waals surface area contributed by atoms with Crippen LogP contribution in [0.3, 0.4) is 0 Å². The van der Waals surface area contributed by atoms with Crippen molar-refractivity contribution in [2.24, 2.45) is 0 Å². The molecule has 0 bridgehead atoms. The van der Waals surface area contributed by atoms with Gasteiger partial charge < -0.3 is 19.9 Å². The number of anilines is 3. The van der Waals surface area contributed by atoms with Gasteiger partial charge in [0, 0.05) is 44.0 Å². The SMILES string of the molecule is COc1ccc(C)cc1NC(=O)c1cnc(N2CCN(c3ccccn3)CC2)c2ccccc12. The Balaban J connectivity index is 1.41. The Kier molecular flexibility index (Phi) is 5.99. The van der Waals surface area contributed by atoms with Crippen molar-refractivity contribution in [1.82, 2.24) is 9.97 Å². The number of aromatic nitrogens is 2. The molecule has 0 saturated carbocycles. The third-order valence-corrected chi connectivity index (χ3v) is 6.17. The van der Waals surface area contributed by atoms with Gasteiger partial charge in [0.2, 0.25) is 0 Å². The molecule has 0 spiro atoms. The molecule has 0 atom stereocenters. The zero-order valence-corrected chi connectivity index (χ0v) is 19.4. The summed E-state index contributed by atoms with van der Waals surface area (Å²) in [5.74, 6) is 2.32. The Morgan fingerprint density at radius 2 is 1.65 bits per heavy atom. The first-order chi connectivity index (χ1) is 16.6. The highest BCUT2D eigenvalue weighted by Gasteiger charge is 2.22. The van der Waals surface area contributed by atoms with Crippen LogP contribution in [0.2, 0.25) is 0 Å². The number of aryl methyl sites for hydroxylation is 1. The van der Waals surface area contributed by atoms with Crippen molar-refractivity contribution in [3.63, 3.8) is 0 Å². The van der Waals surface area contributed by atoms with Gasteiger partial charge in [0.05, 0.1) is 18.4 Å². The number of hydrogen-bond donors (Lipinski definition) is 1. The maximum absolute atomic E-state index is 13.3. The maximum atomic E-state index is 13.3. The molecular formula is C27H27N5O2. The van der Waals surface area contributed by atoms with Gasteiger partial charge in [-0.25, -0.2) is 9.97 Å². The summed E-state index contributed by atoms with van der Waals surface area (Å²) in [5.41, 5.74) is 2.22. The fraction of sp³-hybridized carbons (Fsp3) is 0.222. The molecule has 4 aromatic rings. The monoisotopic (exact) mass is 453 g/mol. The number of amides is 1. The van der Waals surface area contributed by atoms with Gasteiger partial charge in [-0.3, -0.25) is 4.79 Å². The predicted molar refractivity (Wildman–Crippen MR) is 136 cm³/mol. The maximum Gasteiger partial charge on any atom is 0.257 e. The number of rotatable bonds is 5. The highest BCUT2D eigenvalue weighted by Crippen LogP contribution is 2.30. The number of ether oxygens (including phenoxy) is 1. The molecule has 2 aromatic heterocycles. The zero-order valence-electron chi connectivity index (χ0n) is 19.4. The smallest absolute Gasteiger partial charge is 0.257 e. The van der Waals surface area contributed by atoms with Gasteiger partial charge in [-0.1, -0.05) is 36.4 Å². The lowest BCUT2D eigenvalue weighted by Gasteiger charge is -2.36. The summed E-state index contributed by atoms with van der Waals surface area (Å²) < 4.78 is 5.42. The molecule has 7 nitrogen and oxygen atoms in total. The summed E-state index contributed by atoms with van der Waals surface area (Å²) in [5, 5.41) is 4.85. The summed E-state index contributed by atoms with van der Waals surface area (Å²) in [6, 6.07) is 19.7. The van der Waals surface area contributed by atoms with Crippen LogP contribution in [0, 0.1) is 6.92 Å². The van der Waals surface area contributed by atoms with Crippen molar-refractivity contribution in [3.8, 4) is 5.75 Å². The van der Waals surface area contributed by atoms with E-state index in [1.807, 2.05) is 73.8 Å². The van der Waals surface area contributed by atoms with Gasteiger partial charge in [0.1, 0.15) is 17.4 Å². The normalized spacial score (nSPS) is 13.7. The molecule has 1 amide bonds. The van der Waals surface area contributed by atoms with Crippen LogP contribution in [-0.2, 0) is 0 Å². The molecular weight excluding hydrogens is 426 g/mol. The second kappa shape index (κ2) is 9.39. The van der Waals surface area contributed by atoms with Crippen molar-refractivity contribution >= 4 is 34.0 Å². The van der Waals surface area contributed by atoms with Crippen LogP contribution in [0.1, 0.15) is 15.9 Å². The molecule has 1 aliphatic heterocycles. The highest BCUT2D eigenvalue weighted by atomic mass is 16.5. The van der Waals surface area contributed by atoms with Crippen molar-refractivity contribution in [2.45, 2.75) is 6.92 Å². The van der Waals surface area contributed by atoms with Crippen molar-refractivity contribution in [1.29, 1.82) is 0 Å². The average Bonchev–Trinajstić information content (AvgIpc) is 2.89. The number of piperazine rings is 1. The minimum absolute atomic E-state index is 0.209. The van der Waals surface area contributed by atoms with E-state index in [4.69, 9.17) is 9.72 Å².